The molecule has 1 unspecified atom stereocenters. The molecule has 130 valence electrons. The van der Waals surface area contributed by atoms with E-state index < -0.39 is 16.1 Å². The second-order valence-corrected chi connectivity index (χ2v) is 8.55. The second-order valence-electron chi connectivity index (χ2n) is 5.12. The van der Waals surface area contributed by atoms with Gasteiger partial charge in [0.2, 0.25) is 10.0 Å². The summed E-state index contributed by atoms with van der Waals surface area (Å²) in [6.07, 6.45) is -0.837. The lowest BCUT2D eigenvalue weighted by Crippen LogP contribution is -2.44. The van der Waals surface area contributed by atoms with Gasteiger partial charge in [-0.15, -0.1) is 0 Å². The minimum absolute atomic E-state index is 0.0135. The third kappa shape index (κ3) is 5.54. The van der Waals surface area contributed by atoms with Crippen LogP contribution in [-0.2, 0) is 14.8 Å². The van der Waals surface area contributed by atoms with Crippen LogP contribution in [0.3, 0.4) is 0 Å². The molecule has 1 saturated heterocycles. The van der Waals surface area contributed by atoms with Crippen molar-refractivity contribution >= 4 is 49.2 Å². The molecule has 1 fully saturated rings. The van der Waals surface area contributed by atoms with Gasteiger partial charge in [0.1, 0.15) is 4.90 Å². The summed E-state index contributed by atoms with van der Waals surface area (Å²) in [6, 6.07) is 2.90. The van der Waals surface area contributed by atoms with Crippen LogP contribution in [0.4, 0.5) is 0 Å². The lowest BCUT2D eigenvalue weighted by Gasteiger charge is -2.28. The summed E-state index contributed by atoms with van der Waals surface area (Å²) in [4.78, 5) is 1.82. The number of nitrogens with one attached hydrogen (secondary N) is 1. The molecule has 23 heavy (non-hydrogen) atoms. The molecule has 6 nitrogen and oxygen atoms in total. The topological polar surface area (TPSA) is 78.9 Å². The Morgan fingerprint density at radius 1 is 1.30 bits per heavy atom. The molecular weight excluding hydrogens is 431 g/mol. The zero-order chi connectivity index (χ0) is 17.0. The van der Waals surface area contributed by atoms with Gasteiger partial charge in [-0.2, -0.15) is 0 Å². The number of aliphatic hydroxyl groups excluding tert-OH is 1. The largest absolute Gasteiger partial charge is 0.390 e. The Bertz CT molecular complexity index is 630. The van der Waals surface area contributed by atoms with E-state index in [4.69, 9.17) is 27.9 Å². The Hall–Kier alpha value is 0.0700. The van der Waals surface area contributed by atoms with Crippen LogP contribution in [0.5, 0.6) is 0 Å². The lowest BCUT2D eigenvalue weighted by atomic mass is 10.3. The molecule has 0 spiro atoms. The molecule has 1 aromatic carbocycles. The highest BCUT2D eigenvalue weighted by Gasteiger charge is 2.24. The van der Waals surface area contributed by atoms with Crippen molar-refractivity contribution in [2.45, 2.75) is 11.0 Å². The smallest absolute Gasteiger partial charge is 0.243 e. The van der Waals surface area contributed by atoms with E-state index in [0.717, 1.165) is 0 Å². The molecule has 0 aliphatic carbocycles. The molecule has 0 bridgehead atoms. The minimum atomic E-state index is -3.91. The van der Waals surface area contributed by atoms with E-state index in [1.54, 1.807) is 0 Å². The Morgan fingerprint density at radius 3 is 2.43 bits per heavy atom. The number of halogens is 3. The number of β-amino-alcohol motifs (C(OH)–C–C–N with tert-alkyl or cyclic N) is 1. The van der Waals surface area contributed by atoms with Crippen LogP contribution in [0.25, 0.3) is 0 Å². The number of sulfonamides is 1. The third-order valence-electron chi connectivity index (χ3n) is 3.31. The van der Waals surface area contributed by atoms with Gasteiger partial charge >= 0.3 is 0 Å². The summed E-state index contributed by atoms with van der Waals surface area (Å²) < 4.78 is 32.8. The van der Waals surface area contributed by atoms with Crippen LogP contribution in [-0.4, -0.2) is 63.9 Å². The molecule has 1 atom stereocenters. The van der Waals surface area contributed by atoms with Gasteiger partial charge in [0, 0.05) is 30.7 Å². The molecule has 1 aromatic rings. The van der Waals surface area contributed by atoms with E-state index in [9.17, 15) is 13.5 Å². The second kappa shape index (κ2) is 8.44. The number of nitrogens with zero attached hydrogens (tertiary/aromatic N) is 1. The van der Waals surface area contributed by atoms with E-state index in [-0.39, 0.29) is 21.5 Å². The lowest BCUT2D eigenvalue weighted by molar-refractivity contribution is 0.0158. The maximum absolute atomic E-state index is 12.3. The number of morpholine rings is 1. The first-order chi connectivity index (χ1) is 10.8. The van der Waals surface area contributed by atoms with Crippen molar-refractivity contribution in [2.75, 3.05) is 39.4 Å². The van der Waals surface area contributed by atoms with E-state index in [1.165, 1.54) is 12.1 Å². The molecule has 2 rings (SSSR count). The molecule has 0 aromatic heterocycles. The van der Waals surface area contributed by atoms with Crippen molar-refractivity contribution in [3.63, 3.8) is 0 Å². The number of rotatable bonds is 6. The summed E-state index contributed by atoms with van der Waals surface area (Å²) in [5, 5.41) is 10.0. The molecule has 0 radical (unpaired) electrons. The first-order valence-electron chi connectivity index (χ1n) is 6.92. The fourth-order valence-electron chi connectivity index (χ4n) is 2.21. The van der Waals surface area contributed by atoms with Crippen LogP contribution in [0.1, 0.15) is 0 Å². The van der Waals surface area contributed by atoms with Crippen LogP contribution in [0, 0.1) is 0 Å². The average molecular weight is 448 g/mol. The van der Waals surface area contributed by atoms with Crippen molar-refractivity contribution in [3.05, 3.63) is 26.7 Å². The fraction of sp³-hybridized carbons (Fsp3) is 0.538. The molecule has 0 saturated carbocycles. The molecule has 0 amide bonds. The van der Waals surface area contributed by atoms with E-state index in [0.29, 0.717) is 37.3 Å². The Labute approximate surface area is 153 Å². The molecule has 2 N–H and O–H groups in total. The zero-order valence-electron chi connectivity index (χ0n) is 12.1. The van der Waals surface area contributed by atoms with Gasteiger partial charge in [-0.05, 0) is 12.1 Å². The van der Waals surface area contributed by atoms with E-state index in [1.807, 2.05) is 4.90 Å². The van der Waals surface area contributed by atoms with Gasteiger partial charge in [-0.3, -0.25) is 4.90 Å². The monoisotopic (exact) mass is 446 g/mol. The normalized spacial score (nSPS) is 18.1. The molecule has 10 heteroatoms. The summed E-state index contributed by atoms with van der Waals surface area (Å²) in [6.45, 7) is 2.91. The molecule has 1 aliphatic heterocycles. The van der Waals surface area contributed by atoms with Crippen molar-refractivity contribution in [1.29, 1.82) is 0 Å². The standard InChI is InChI=1S/C13H17BrCl2N2O4S/c14-9-5-11(15)13(12(16)6-9)23(20,21)17-7-10(19)8-18-1-3-22-4-2-18/h5-6,10,17,19H,1-4,7-8H2. The highest BCUT2D eigenvalue weighted by molar-refractivity contribution is 9.10. The molecular formula is C13H17BrCl2N2O4S. The number of hydrogen-bond donors (Lipinski definition) is 2. The van der Waals surface area contributed by atoms with Gasteiger partial charge < -0.3 is 9.84 Å². The van der Waals surface area contributed by atoms with Crippen molar-refractivity contribution < 1.29 is 18.3 Å². The van der Waals surface area contributed by atoms with Crippen molar-refractivity contribution in [1.82, 2.24) is 9.62 Å². The van der Waals surface area contributed by atoms with E-state index >= 15 is 0 Å². The average Bonchev–Trinajstić information content (AvgIpc) is 2.45. The summed E-state index contributed by atoms with van der Waals surface area (Å²) in [5.41, 5.74) is 0. The quantitative estimate of drug-likeness (QED) is 0.694. The van der Waals surface area contributed by atoms with Crippen LogP contribution >= 0.6 is 39.1 Å². The van der Waals surface area contributed by atoms with Gasteiger partial charge in [0.15, 0.2) is 0 Å². The van der Waals surface area contributed by atoms with Gasteiger partial charge in [0.05, 0.1) is 29.4 Å². The number of aliphatic hydroxyl groups is 1. The first-order valence-corrected chi connectivity index (χ1v) is 9.95. The number of hydrogen-bond acceptors (Lipinski definition) is 5. The Kier molecular flexibility index (Phi) is 7.12. The zero-order valence-corrected chi connectivity index (χ0v) is 16.1. The highest BCUT2D eigenvalue weighted by Crippen LogP contribution is 2.32. The maximum Gasteiger partial charge on any atom is 0.243 e. The minimum Gasteiger partial charge on any atom is -0.390 e. The predicted molar refractivity (Wildman–Crippen MR) is 92.6 cm³/mol. The third-order valence-corrected chi connectivity index (χ3v) is 6.12. The highest BCUT2D eigenvalue weighted by atomic mass is 79.9. The van der Waals surface area contributed by atoms with Crippen molar-refractivity contribution in [2.24, 2.45) is 0 Å². The van der Waals surface area contributed by atoms with Crippen LogP contribution in [0.2, 0.25) is 10.0 Å². The van der Waals surface area contributed by atoms with Crippen molar-refractivity contribution in [3.8, 4) is 0 Å². The Morgan fingerprint density at radius 2 is 1.87 bits per heavy atom. The molecule has 1 heterocycles. The number of ether oxygens (including phenoxy) is 1. The van der Waals surface area contributed by atoms with Crippen LogP contribution < -0.4 is 4.72 Å². The SMILES string of the molecule is O=S(=O)(NCC(O)CN1CCOCC1)c1c(Cl)cc(Br)cc1Cl. The molecule has 1 aliphatic rings. The summed E-state index contributed by atoms with van der Waals surface area (Å²) in [7, 11) is -3.91. The maximum atomic E-state index is 12.3. The number of benzene rings is 1. The van der Waals surface area contributed by atoms with Gasteiger partial charge in [0.25, 0.3) is 0 Å². The van der Waals surface area contributed by atoms with Gasteiger partial charge in [-0.1, -0.05) is 39.1 Å². The summed E-state index contributed by atoms with van der Waals surface area (Å²) >= 11 is 15.1. The van der Waals surface area contributed by atoms with E-state index in [2.05, 4.69) is 20.7 Å². The Balaban J connectivity index is 1.98. The predicted octanol–water partition coefficient (Wildman–Crippen LogP) is 1.73. The summed E-state index contributed by atoms with van der Waals surface area (Å²) in [5.74, 6) is 0. The van der Waals surface area contributed by atoms with Crippen LogP contribution in [0.15, 0.2) is 21.5 Å². The fourth-order valence-corrected chi connectivity index (χ4v) is 5.22. The van der Waals surface area contributed by atoms with Gasteiger partial charge in [-0.25, -0.2) is 13.1 Å². The first kappa shape index (κ1) is 19.4.